The monoisotopic (exact) mass is 334 g/mol. The molecule has 0 aromatic heterocycles. The third-order valence-electron chi connectivity index (χ3n) is 8.86. The molecule has 0 bridgehead atoms. The Morgan fingerprint density at radius 3 is 2.42 bits per heavy atom. The Morgan fingerprint density at radius 2 is 1.67 bits per heavy atom. The summed E-state index contributed by atoms with van der Waals surface area (Å²) in [5.74, 6) is 2.96. The van der Waals surface area contributed by atoms with E-state index in [4.69, 9.17) is 4.74 Å². The van der Waals surface area contributed by atoms with Crippen molar-refractivity contribution in [1.29, 1.82) is 0 Å². The molecule has 3 unspecified atom stereocenters. The first-order valence-corrected chi connectivity index (χ1v) is 10.2. The number of carbonyl (C=O) groups excluding carboxylic acids is 1. The maximum atomic E-state index is 11.5. The van der Waals surface area contributed by atoms with Gasteiger partial charge in [0.05, 0.1) is 6.10 Å². The van der Waals surface area contributed by atoms with Gasteiger partial charge in [-0.05, 0) is 86.9 Å². The molecule has 3 heteroatoms. The van der Waals surface area contributed by atoms with E-state index in [0.29, 0.717) is 5.41 Å². The summed E-state index contributed by atoms with van der Waals surface area (Å²) in [5.41, 5.74) is 0.632. The molecule has 8 atom stereocenters. The van der Waals surface area contributed by atoms with Gasteiger partial charge in [-0.15, -0.1) is 0 Å². The largest absolute Gasteiger partial charge is 0.462 e. The van der Waals surface area contributed by atoms with Gasteiger partial charge >= 0.3 is 5.97 Å². The lowest BCUT2D eigenvalue weighted by Crippen LogP contribution is -2.54. The maximum Gasteiger partial charge on any atom is 0.302 e. The number of hydrogen-bond donors (Lipinski definition) is 1. The van der Waals surface area contributed by atoms with Gasteiger partial charge in [0.25, 0.3) is 0 Å². The second-order valence-corrected chi connectivity index (χ2v) is 9.81. The van der Waals surface area contributed by atoms with Crippen LogP contribution in [0.5, 0.6) is 0 Å². The van der Waals surface area contributed by atoms with Crippen LogP contribution < -0.4 is 0 Å². The third kappa shape index (κ3) is 2.37. The van der Waals surface area contributed by atoms with Gasteiger partial charge in [-0.25, -0.2) is 0 Å². The highest BCUT2D eigenvalue weighted by atomic mass is 16.5. The molecule has 0 saturated heterocycles. The predicted molar refractivity (Wildman–Crippen MR) is 93.3 cm³/mol. The van der Waals surface area contributed by atoms with Crippen LogP contribution in [0.25, 0.3) is 0 Å². The van der Waals surface area contributed by atoms with E-state index in [2.05, 4.69) is 13.8 Å². The molecule has 0 amide bonds. The Balaban J connectivity index is 1.57. The molecule has 4 rings (SSSR count). The number of fused-ring (bicyclic) bond motifs is 5. The normalized spacial score (nSPS) is 53.7. The van der Waals surface area contributed by atoms with Crippen LogP contribution in [0.4, 0.5) is 0 Å². The van der Waals surface area contributed by atoms with Crippen molar-refractivity contribution in [3.63, 3.8) is 0 Å². The first-order chi connectivity index (χ1) is 11.3. The third-order valence-corrected chi connectivity index (χ3v) is 8.86. The number of aliphatic hydroxyl groups excluding tert-OH is 1. The summed E-state index contributed by atoms with van der Waals surface area (Å²) < 4.78 is 5.74. The lowest BCUT2D eigenvalue weighted by atomic mass is 9.45. The highest BCUT2D eigenvalue weighted by Gasteiger charge is 2.60. The molecule has 4 fully saturated rings. The lowest BCUT2D eigenvalue weighted by molar-refractivity contribution is -0.163. The molecule has 4 aliphatic rings. The highest BCUT2D eigenvalue weighted by molar-refractivity contribution is 5.66. The second-order valence-electron chi connectivity index (χ2n) is 9.81. The molecular weight excluding hydrogens is 300 g/mol. The summed E-state index contributed by atoms with van der Waals surface area (Å²) in [6, 6.07) is 0. The number of hydrogen-bond acceptors (Lipinski definition) is 3. The van der Waals surface area contributed by atoms with Crippen LogP contribution in [0, 0.1) is 34.5 Å². The van der Waals surface area contributed by atoms with Crippen molar-refractivity contribution in [3.05, 3.63) is 0 Å². The summed E-state index contributed by atoms with van der Waals surface area (Å²) in [6.07, 6.45) is 10.7. The Kier molecular flexibility index (Phi) is 4.02. The van der Waals surface area contributed by atoms with Crippen molar-refractivity contribution in [2.75, 3.05) is 0 Å². The van der Waals surface area contributed by atoms with E-state index >= 15 is 0 Å². The van der Waals surface area contributed by atoms with E-state index in [1.165, 1.54) is 38.5 Å². The first-order valence-electron chi connectivity index (χ1n) is 10.2. The van der Waals surface area contributed by atoms with Gasteiger partial charge in [0.2, 0.25) is 0 Å². The van der Waals surface area contributed by atoms with Gasteiger partial charge in [-0.2, -0.15) is 0 Å². The van der Waals surface area contributed by atoms with Gasteiger partial charge in [0.15, 0.2) is 0 Å². The Bertz CT molecular complexity index is 517. The average molecular weight is 335 g/mol. The molecule has 24 heavy (non-hydrogen) atoms. The molecule has 136 valence electrons. The van der Waals surface area contributed by atoms with Crippen LogP contribution in [0.1, 0.15) is 78.6 Å². The molecule has 0 radical (unpaired) electrons. The minimum Gasteiger partial charge on any atom is -0.462 e. The zero-order valence-corrected chi connectivity index (χ0v) is 15.6. The van der Waals surface area contributed by atoms with Crippen LogP contribution in [0.15, 0.2) is 0 Å². The summed E-state index contributed by atoms with van der Waals surface area (Å²) in [6.45, 7) is 6.48. The molecule has 1 N–H and O–H groups in total. The Morgan fingerprint density at radius 1 is 0.958 bits per heavy atom. The summed E-state index contributed by atoms with van der Waals surface area (Å²) >= 11 is 0. The topological polar surface area (TPSA) is 46.5 Å². The minimum absolute atomic E-state index is 0.0618. The van der Waals surface area contributed by atoms with Gasteiger partial charge in [-0.1, -0.05) is 13.8 Å². The van der Waals surface area contributed by atoms with E-state index in [9.17, 15) is 9.90 Å². The molecular formula is C21H34O3. The van der Waals surface area contributed by atoms with Crippen molar-refractivity contribution in [1.82, 2.24) is 0 Å². The summed E-state index contributed by atoms with van der Waals surface area (Å²) in [5, 5.41) is 10.1. The van der Waals surface area contributed by atoms with E-state index in [1.54, 1.807) is 6.92 Å². The molecule has 0 spiro atoms. The van der Waals surface area contributed by atoms with Crippen LogP contribution in [0.3, 0.4) is 0 Å². The van der Waals surface area contributed by atoms with E-state index in [1.807, 2.05) is 0 Å². The maximum absolute atomic E-state index is 11.5. The molecule has 4 aliphatic carbocycles. The van der Waals surface area contributed by atoms with E-state index in [0.717, 1.165) is 42.9 Å². The van der Waals surface area contributed by atoms with Gasteiger partial charge in [0, 0.05) is 12.3 Å². The van der Waals surface area contributed by atoms with Crippen LogP contribution >= 0.6 is 0 Å². The number of rotatable bonds is 1. The van der Waals surface area contributed by atoms with Gasteiger partial charge in [-0.3, -0.25) is 4.79 Å². The smallest absolute Gasteiger partial charge is 0.302 e. The molecule has 0 aromatic rings. The summed E-state index contributed by atoms with van der Waals surface area (Å²) in [7, 11) is 0. The van der Waals surface area contributed by atoms with Crippen molar-refractivity contribution >= 4 is 5.97 Å². The van der Waals surface area contributed by atoms with Gasteiger partial charge in [0.1, 0.15) is 6.10 Å². The quantitative estimate of drug-likeness (QED) is 0.726. The predicted octanol–water partition coefficient (Wildman–Crippen LogP) is 4.32. The molecule has 0 aliphatic heterocycles. The lowest BCUT2D eigenvalue weighted by Gasteiger charge is -2.60. The standard InChI is InChI=1S/C21H34O3/c1-13(22)24-19-7-6-17-16-5-4-14-12-15(23)8-10-20(14,2)18(16)9-11-21(17,19)3/h14-19,23H,4-12H2,1-3H3/t14?,15?,16-,17-,18-,19?,20-,21-/m0/s1. The first kappa shape index (κ1) is 16.9. The Labute approximate surface area is 146 Å². The molecule has 0 heterocycles. The van der Waals surface area contributed by atoms with E-state index < -0.39 is 0 Å². The van der Waals surface area contributed by atoms with Crippen molar-refractivity contribution < 1.29 is 14.6 Å². The van der Waals surface area contributed by atoms with Crippen molar-refractivity contribution in [2.45, 2.75) is 90.8 Å². The SMILES string of the molecule is CC(=O)OC1CC[C@H]2[C@@H]3CCC4CC(O)CC[C@]4(C)[C@H]3CC[C@]12C. The minimum atomic E-state index is -0.110. The Hall–Kier alpha value is -0.570. The fourth-order valence-electron chi connectivity index (χ4n) is 7.58. The number of esters is 1. The van der Waals surface area contributed by atoms with Gasteiger partial charge < -0.3 is 9.84 Å². The summed E-state index contributed by atoms with van der Waals surface area (Å²) in [4.78, 5) is 11.5. The van der Waals surface area contributed by atoms with E-state index in [-0.39, 0.29) is 23.6 Å². The van der Waals surface area contributed by atoms with Crippen LogP contribution in [-0.2, 0) is 9.53 Å². The average Bonchev–Trinajstić information content (AvgIpc) is 2.84. The second kappa shape index (κ2) is 5.72. The molecule has 4 saturated carbocycles. The highest BCUT2D eigenvalue weighted by Crippen LogP contribution is 2.66. The molecule has 3 nitrogen and oxygen atoms in total. The molecule has 0 aromatic carbocycles. The van der Waals surface area contributed by atoms with Crippen LogP contribution in [0.2, 0.25) is 0 Å². The zero-order chi connectivity index (χ0) is 17.1. The van der Waals surface area contributed by atoms with Crippen molar-refractivity contribution in [2.24, 2.45) is 34.5 Å². The van der Waals surface area contributed by atoms with Crippen molar-refractivity contribution in [3.8, 4) is 0 Å². The van der Waals surface area contributed by atoms with Crippen LogP contribution in [-0.4, -0.2) is 23.3 Å². The zero-order valence-electron chi connectivity index (χ0n) is 15.6. The number of ether oxygens (including phenoxy) is 1. The number of carbonyl (C=O) groups is 1. The fourth-order valence-corrected chi connectivity index (χ4v) is 7.58. The number of aliphatic hydroxyl groups is 1. The fraction of sp³-hybridized carbons (Fsp3) is 0.952.